The van der Waals surface area contributed by atoms with Crippen molar-refractivity contribution in [2.24, 2.45) is 0 Å². The summed E-state index contributed by atoms with van der Waals surface area (Å²) >= 11 is 9.39. The van der Waals surface area contributed by atoms with Crippen LogP contribution in [0.5, 0.6) is 5.75 Å². The van der Waals surface area contributed by atoms with Gasteiger partial charge in [0.05, 0.1) is 18.8 Å². The summed E-state index contributed by atoms with van der Waals surface area (Å²) in [6, 6.07) is 11.5. The molecule has 0 bridgehead atoms. The largest absolute Gasteiger partial charge is 0.495 e. The summed E-state index contributed by atoms with van der Waals surface area (Å²) in [6.45, 7) is 0. The van der Waals surface area contributed by atoms with E-state index in [0.717, 1.165) is 27.3 Å². The molecule has 3 aromatic rings. The lowest BCUT2D eigenvalue weighted by Crippen LogP contribution is -1.91. The second kappa shape index (κ2) is 4.87. The average molecular weight is 338 g/mol. The van der Waals surface area contributed by atoms with Gasteiger partial charge in [0.1, 0.15) is 16.2 Å². The van der Waals surface area contributed by atoms with Crippen molar-refractivity contribution < 1.29 is 4.74 Å². The number of rotatable bonds is 2. The van der Waals surface area contributed by atoms with E-state index >= 15 is 0 Å². The van der Waals surface area contributed by atoms with Crippen molar-refractivity contribution in [3.63, 3.8) is 0 Å². The second-order valence-corrected chi connectivity index (χ2v) is 5.24. The highest BCUT2D eigenvalue weighted by molar-refractivity contribution is 9.10. The van der Waals surface area contributed by atoms with Crippen molar-refractivity contribution in [2.75, 3.05) is 7.11 Å². The maximum Gasteiger partial charge on any atom is 0.146 e. The highest BCUT2D eigenvalue weighted by Gasteiger charge is 2.11. The maximum absolute atomic E-state index is 5.91. The first-order chi connectivity index (χ1) is 9.19. The van der Waals surface area contributed by atoms with Gasteiger partial charge in [-0.05, 0) is 52.3 Å². The molecule has 2 aromatic heterocycles. The third kappa shape index (κ3) is 2.22. The van der Waals surface area contributed by atoms with E-state index in [2.05, 4.69) is 20.9 Å². The molecule has 0 saturated heterocycles. The minimum Gasteiger partial charge on any atom is -0.495 e. The number of imidazole rings is 1. The van der Waals surface area contributed by atoms with Crippen LogP contribution in [-0.2, 0) is 0 Å². The monoisotopic (exact) mass is 336 g/mol. The SMILES string of the molecule is COc1ccc2c(Br)nc(-c3ccc(Cl)cc3)n2c1. The molecule has 0 aliphatic heterocycles. The second-order valence-electron chi connectivity index (χ2n) is 4.06. The fourth-order valence-electron chi connectivity index (χ4n) is 1.95. The Morgan fingerprint density at radius 1 is 1.16 bits per heavy atom. The Kier molecular flexibility index (Phi) is 3.21. The number of methoxy groups -OCH3 is 1. The molecule has 0 fully saturated rings. The average Bonchev–Trinajstić information content (AvgIpc) is 2.76. The van der Waals surface area contributed by atoms with Gasteiger partial charge < -0.3 is 4.74 Å². The van der Waals surface area contributed by atoms with Gasteiger partial charge in [-0.15, -0.1) is 0 Å². The van der Waals surface area contributed by atoms with Crippen LogP contribution in [0.2, 0.25) is 5.02 Å². The maximum atomic E-state index is 5.91. The van der Waals surface area contributed by atoms with E-state index < -0.39 is 0 Å². The van der Waals surface area contributed by atoms with Crippen molar-refractivity contribution in [2.45, 2.75) is 0 Å². The van der Waals surface area contributed by atoms with Crippen molar-refractivity contribution in [1.29, 1.82) is 0 Å². The van der Waals surface area contributed by atoms with Crippen molar-refractivity contribution in [3.8, 4) is 17.1 Å². The number of hydrogen-bond acceptors (Lipinski definition) is 2. The van der Waals surface area contributed by atoms with Crippen molar-refractivity contribution in [1.82, 2.24) is 9.38 Å². The number of aromatic nitrogens is 2. The minimum absolute atomic E-state index is 0.709. The fraction of sp³-hybridized carbons (Fsp3) is 0.0714. The quantitative estimate of drug-likeness (QED) is 0.692. The number of fused-ring (bicyclic) bond motifs is 1. The number of hydrogen-bond donors (Lipinski definition) is 0. The zero-order valence-corrected chi connectivity index (χ0v) is 12.4. The standard InChI is InChI=1S/C14H10BrClN2O/c1-19-11-6-7-12-13(15)17-14(18(12)8-11)9-2-4-10(16)5-3-9/h2-8H,1H3. The van der Waals surface area contributed by atoms with E-state index in [1.807, 2.05) is 47.0 Å². The molecular formula is C14H10BrClN2O. The van der Waals surface area contributed by atoms with Crippen LogP contribution in [0, 0.1) is 0 Å². The van der Waals surface area contributed by atoms with Gasteiger partial charge in [0.15, 0.2) is 0 Å². The summed E-state index contributed by atoms with van der Waals surface area (Å²) in [6.07, 6.45) is 1.91. The van der Waals surface area contributed by atoms with Gasteiger partial charge in [-0.2, -0.15) is 0 Å². The Balaban J connectivity index is 2.25. The lowest BCUT2D eigenvalue weighted by molar-refractivity contribution is 0.412. The normalized spacial score (nSPS) is 10.9. The molecule has 3 rings (SSSR count). The molecule has 19 heavy (non-hydrogen) atoms. The number of halogens is 2. The van der Waals surface area contributed by atoms with Gasteiger partial charge in [-0.1, -0.05) is 11.6 Å². The van der Waals surface area contributed by atoms with Gasteiger partial charge in [-0.25, -0.2) is 4.98 Å². The lowest BCUT2D eigenvalue weighted by Gasteiger charge is -2.04. The molecule has 1 aromatic carbocycles. The Morgan fingerprint density at radius 3 is 2.58 bits per heavy atom. The van der Waals surface area contributed by atoms with Crippen LogP contribution >= 0.6 is 27.5 Å². The first-order valence-corrected chi connectivity index (χ1v) is 6.83. The van der Waals surface area contributed by atoms with Crippen LogP contribution in [0.25, 0.3) is 16.9 Å². The fourth-order valence-corrected chi connectivity index (χ4v) is 2.57. The molecule has 2 heterocycles. The topological polar surface area (TPSA) is 26.5 Å². The Bertz CT molecular complexity index is 737. The van der Waals surface area contributed by atoms with Gasteiger partial charge in [0.2, 0.25) is 0 Å². The molecule has 0 radical (unpaired) electrons. The van der Waals surface area contributed by atoms with Gasteiger partial charge in [0, 0.05) is 10.6 Å². The molecule has 96 valence electrons. The Hall–Kier alpha value is -1.52. The third-order valence-corrected chi connectivity index (χ3v) is 3.74. The van der Waals surface area contributed by atoms with Crippen molar-refractivity contribution >= 4 is 33.0 Å². The molecule has 5 heteroatoms. The zero-order valence-electron chi connectivity index (χ0n) is 10.1. The summed E-state index contributed by atoms with van der Waals surface area (Å²) in [5.74, 6) is 1.63. The van der Waals surface area contributed by atoms with Gasteiger partial charge in [0.25, 0.3) is 0 Å². The molecular weight excluding hydrogens is 328 g/mol. The first-order valence-electron chi connectivity index (χ1n) is 5.66. The molecule has 0 aliphatic carbocycles. The molecule has 0 saturated carbocycles. The van der Waals surface area contributed by atoms with Crippen LogP contribution in [-0.4, -0.2) is 16.5 Å². The molecule has 3 nitrogen and oxygen atoms in total. The summed E-state index contributed by atoms with van der Waals surface area (Å²) in [4.78, 5) is 4.55. The molecule has 0 unspecified atom stereocenters. The minimum atomic E-state index is 0.709. The lowest BCUT2D eigenvalue weighted by atomic mass is 10.2. The van der Waals surface area contributed by atoms with Crippen LogP contribution in [0.4, 0.5) is 0 Å². The predicted octanol–water partition coefficient (Wildman–Crippen LogP) is 4.43. The molecule has 0 aliphatic rings. The van der Waals surface area contributed by atoms with E-state index in [1.54, 1.807) is 7.11 Å². The summed E-state index contributed by atoms with van der Waals surface area (Å²) in [7, 11) is 1.65. The molecule has 0 atom stereocenters. The van der Waals surface area contributed by atoms with Gasteiger partial charge in [-0.3, -0.25) is 4.40 Å². The first kappa shape index (κ1) is 12.5. The van der Waals surface area contributed by atoms with Crippen LogP contribution < -0.4 is 4.74 Å². The predicted molar refractivity (Wildman–Crippen MR) is 79.9 cm³/mol. The Labute approximate surface area is 123 Å². The van der Waals surface area contributed by atoms with E-state index in [4.69, 9.17) is 16.3 Å². The van der Waals surface area contributed by atoms with Crippen LogP contribution in [0.3, 0.4) is 0 Å². The highest BCUT2D eigenvalue weighted by atomic mass is 79.9. The molecule has 0 amide bonds. The number of pyridine rings is 1. The third-order valence-electron chi connectivity index (χ3n) is 2.90. The number of benzene rings is 1. The van der Waals surface area contributed by atoms with Crippen molar-refractivity contribution in [3.05, 3.63) is 52.2 Å². The van der Waals surface area contributed by atoms with E-state index in [0.29, 0.717) is 5.02 Å². The smallest absolute Gasteiger partial charge is 0.146 e. The van der Waals surface area contributed by atoms with Crippen LogP contribution in [0.1, 0.15) is 0 Å². The summed E-state index contributed by atoms with van der Waals surface area (Å²) in [5, 5.41) is 0.709. The molecule has 0 N–H and O–H groups in total. The highest BCUT2D eigenvalue weighted by Crippen LogP contribution is 2.28. The number of ether oxygens (including phenoxy) is 1. The summed E-state index contributed by atoms with van der Waals surface area (Å²) in [5.41, 5.74) is 1.99. The van der Waals surface area contributed by atoms with E-state index in [-0.39, 0.29) is 0 Å². The number of nitrogens with zero attached hydrogens (tertiary/aromatic N) is 2. The zero-order chi connectivity index (χ0) is 13.4. The Morgan fingerprint density at radius 2 is 1.89 bits per heavy atom. The van der Waals surface area contributed by atoms with Gasteiger partial charge >= 0.3 is 0 Å². The van der Waals surface area contributed by atoms with E-state index in [1.165, 1.54) is 0 Å². The van der Waals surface area contributed by atoms with Crippen LogP contribution in [0.15, 0.2) is 47.2 Å². The summed E-state index contributed by atoms with van der Waals surface area (Å²) < 4.78 is 8.05. The van der Waals surface area contributed by atoms with E-state index in [9.17, 15) is 0 Å². The molecule has 0 spiro atoms.